The van der Waals surface area contributed by atoms with Crippen molar-refractivity contribution < 1.29 is 19.4 Å². The summed E-state index contributed by atoms with van der Waals surface area (Å²) in [7, 11) is 1.51. The number of methoxy groups -OCH3 is 1. The van der Waals surface area contributed by atoms with Crippen LogP contribution in [0, 0.1) is 0 Å². The van der Waals surface area contributed by atoms with Gasteiger partial charge in [-0.15, -0.1) is 0 Å². The Bertz CT molecular complexity index is 152. The van der Waals surface area contributed by atoms with Gasteiger partial charge in [-0.3, -0.25) is 0 Å². The molecule has 0 saturated heterocycles. The van der Waals surface area contributed by atoms with Gasteiger partial charge in [0.05, 0.1) is 25.9 Å². The van der Waals surface area contributed by atoms with Crippen molar-refractivity contribution in [3.05, 3.63) is 0 Å². The summed E-state index contributed by atoms with van der Waals surface area (Å²) in [5, 5.41) is 11.3. The number of aliphatic hydroxyl groups is 1. The van der Waals surface area contributed by atoms with E-state index in [4.69, 9.17) is 14.6 Å². The maximum absolute atomic E-state index is 11.1. The molecule has 0 aliphatic carbocycles. The predicted octanol–water partition coefficient (Wildman–Crippen LogP) is 0.520. The summed E-state index contributed by atoms with van der Waals surface area (Å²) < 4.78 is 9.64. The molecule has 5 nitrogen and oxygen atoms in total. The molecule has 0 unspecified atom stereocenters. The van der Waals surface area contributed by atoms with Crippen LogP contribution in [0.15, 0.2) is 0 Å². The average molecular weight is 205 g/mol. The van der Waals surface area contributed by atoms with Crippen LogP contribution >= 0.6 is 0 Å². The molecule has 0 spiro atoms. The van der Waals surface area contributed by atoms with Crippen molar-refractivity contribution >= 4 is 6.09 Å². The monoisotopic (exact) mass is 205 g/mol. The van der Waals surface area contributed by atoms with E-state index in [0.717, 1.165) is 12.8 Å². The van der Waals surface area contributed by atoms with Gasteiger partial charge in [-0.1, -0.05) is 13.3 Å². The minimum atomic E-state index is -0.505. The largest absolute Gasteiger partial charge is 0.450 e. The maximum atomic E-state index is 11.1. The predicted molar refractivity (Wildman–Crippen MR) is 52.1 cm³/mol. The van der Waals surface area contributed by atoms with E-state index < -0.39 is 12.1 Å². The third-order valence-electron chi connectivity index (χ3n) is 1.64. The molecule has 0 aromatic carbocycles. The Kier molecular flexibility index (Phi) is 8.27. The Morgan fingerprint density at radius 2 is 2.29 bits per heavy atom. The summed E-state index contributed by atoms with van der Waals surface area (Å²) in [6, 6.07) is -0.394. The highest BCUT2D eigenvalue weighted by atomic mass is 16.5. The molecule has 0 aromatic heterocycles. The average Bonchev–Trinajstić information content (AvgIpc) is 2.17. The Hall–Kier alpha value is -0.810. The second kappa shape index (κ2) is 8.77. The van der Waals surface area contributed by atoms with Crippen molar-refractivity contribution in [3.8, 4) is 0 Å². The lowest BCUT2D eigenvalue weighted by molar-refractivity contribution is 0.105. The van der Waals surface area contributed by atoms with Gasteiger partial charge >= 0.3 is 6.09 Å². The number of nitrogens with one attached hydrogen (secondary N) is 1. The molecule has 84 valence electrons. The highest BCUT2D eigenvalue weighted by Crippen LogP contribution is 1.90. The Morgan fingerprint density at radius 3 is 2.79 bits per heavy atom. The SMILES string of the molecule is CCCCOC(=O)N[C@H](CO)COC. The third-order valence-corrected chi connectivity index (χ3v) is 1.64. The van der Waals surface area contributed by atoms with E-state index >= 15 is 0 Å². The summed E-state index contributed by atoms with van der Waals surface area (Å²) in [5.41, 5.74) is 0. The van der Waals surface area contributed by atoms with Gasteiger partial charge in [0.15, 0.2) is 0 Å². The van der Waals surface area contributed by atoms with Gasteiger partial charge in [-0.05, 0) is 6.42 Å². The van der Waals surface area contributed by atoms with Gasteiger partial charge in [-0.25, -0.2) is 4.79 Å². The number of alkyl carbamates (subject to hydrolysis) is 1. The van der Waals surface area contributed by atoms with Gasteiger partial charge in [-0.2, -0.15) is 0 Å². The summed E-state index contributed by atoms with van der Waals surface area (Å²) in [6.07, 6.45) is 1.32. The first-order chi connectivity index (χ1) is 6.74. The smallest absolute Gasteiger partial charge is 0.407 e. The molecule has 14 heavy (non-hydrogen) atoms. The number of hydrogen-bond acceptors (Lipinski definition) is 4. The quantitative estimate of drug-likeness (QED) is 0.595. The molecule has 2 N–H and O–H groups in total. The molecule has 5 heteroatoms. The second-order valence-corrected chi connectivity index (χ2v) is 2.97. The molecule has 1 amide bonds. The first kappa shape index (κ1) is 13.2. The van der Waals surface area contributed by atoms with E-state index in [1.807, 2.05) is 6.92 Å². The standard InChI is InChI=1S/C9H19NO4/c1-3-4-5-14-9(12)10-8(6-11)7-13-2/h8,11H,3-7H2,1-2H3,(H,10,12)/t8-/m1/s1. The molecule has 1 atom stereocenters. The van der Waals surface area contributed by atoms with Gasteiger partial charge in [0, 0.05) is 7.11 Å². The topological polar surface area (TPSA) is 67.8 Å². The van der Waals surface area contributed by atoms with Crippen molar-refractivity contribution in [2.24, 2.45) is 0 Å². The molecule has 0 rings (SSSR count). The van der Waals surface area contributed by atoms with Crippen LogP contribution in [-0.4, -0.2) is 44.2 Å². The number of carbonyl (C=O) groups excluding carboxylic acids is 1. The lowest BCUT2D eigenvalue weighted by Crippen LogP contribution is -2.41. The van der Waals surface area contributed by atoms with E-state index in [-0.39, 0.29) is 13.2 Å². The van der Waals surface area contributed by atoms with Crippen molar-refractivity contribution in [1.29, 1.82) is 0 Å². The zero-order valence-corrected chi connectivity index (χ0v) is 8.78. The first-order valence-corrected chi connectivity index (χ1v) is 4.77. The molecule has 0 fully saturated rings. The van der Waals surface area contributed by atoms with Crippen LogP contribution in [0.3, 0.4) is 0 Å². The normalized spacial score (nSPS) is 12.2. The number of carbonyl (C=O) groups is 1. The number of rotatable bonds is 7. The van der Waals surface area contributed by atoms with Crippen molar-refractivity contribution in [2.45, 2.75) is 25.8 Å². The molecule has 0 aliphatic heterocycles. The summed E-state index contributed by atoms with van der Waals surface area (Å²) in [6.45, 7) is 2.55. The zero-order valence-electron chi connectivity index (χ0n) is 8.78. The minimum Gasteiger partial charge on any atom is -0.450 e. The molecular weight excluding hydrogens is 186 g/mol. The van der Waals surface area contributed by atoms with E-state index in [2.05, 4.69) is 5.32 Å². The number of unbranched alkanes of at least 4 members (excludes halogenated alkanes) is 1. The maximum Gasteiger partial charge on any atom is 0.407 e. The first-order valence-electron chi connectivity index (χ1n) is 4.77. The second-order valence-electron chi connectivity index (χ2n) is 2.97. The van der Waals surface area contributed by atoms with E-state index in [1.54, 1.807) is 0 Å². The van der Waals surface area contributed by atoms with Crippen LogP contribution in [0.4, 0.5) is 4.79 Å². The van der Waals surface area contributed by atoms with Crippen LogP contribution in [-0.2, 0) is 9.47 Å². The molecular formula is C9H19NO4. The molecule has 0 heterocycles. The van der Waals surface area contributed by atoms with Crippen LogP contribution < -0.4 is 5.32 Å². The number of ether oxygens (including phenoxy) is 2. The lowest BCUT2D eigenvalue weighted by Gasteiger charge is -2.14. The van der Waals surface area contributed by atoms with Crippen LogP contribution in [0.2, 0.25) is 0 Å². The van der Waals surface area contributed by atoms with Gasteiger partial charge in [0.1, 0.15) is 0 Å². The number of aliphatic hydroxyl groups excluding tert-OH is 1. The van der Waals surface area contributed by atoms with Crippen molar-refractivity contribution in [2.75, 3.05) is 26.9 Å². The zero-order chi connectivity index (χ0) is 10.8. The molecule has 0 bridgehead atoms. The Balaban J connectivity index is 3.56. The summed E-state index contributed by atoms with van der Waals surface area (Å²) >= 11 is 0. The van der Waals surface area contributed by atoms with E-state index in [1.165, 1.54) is 7.11 Å². The molecule has 0 saturated carbocycles. The van der Waals surface area contributed by atoms with Crippen LogP contribution in [0.5, 0.6) is 0 Å². The van der Waals surface area contributed by atoms with Gasteiger partial charge in [0.25, 0.3) is 0 Å². The molecule has 0 radical (unpaired) electrons. The summed E-state index contributed by atoms with van der Waals surface area (Å²) in [4.78, 5) is 11.1. The highest BCUT2D eigenvalue weighted by molar-refractivity contribution is 5.67. The van der Waals surface area contributed by atoms with Crippen LogP contribution in [0.25, 0.3) is 0 Å². The fraction of sp³-hybridized carbons (Fsp3) is 0.889. The fourth-order valence-electron chi connectivity index (χ4n) is 0.859. The minimum absolute atomic E-state index is 0.156. The Morgan fingerprint density at radius 1 is 1.57 bits per heavy atom. The number of hydrogen-bond donors (Lipinski definition) is 2. The highest BCUT2D eigenvalue weighted by Gasteiger charge is 2.11. The molecule has 0 aromatic rings. The summed E-state index contributed by atoms with van der Waals surface area (Å²) in [5.74, 6) is 0. The Labute approximate surface area is 84.4 Å². The third kappa shape index (κ3) is 6.68. The van der Waals surface area contributed by atoms with Crippen LogP contribution in [0.1, 0.15) is 19.8 Å². The van der Waals surface area contributed by atoms with Crippen molar-refractivity contribution in [3.63, 3.8) is 0 Å². The van der Waals surface area contributed by atoms with E-state index in [0.29, 0.717) is 6.61 Å². The fourth-order valence-corrected chi connectivity index (χ4v) is 0.859. The molecule has 0 aliphatic rings. The lowest BCUT2D eigenvalue weighted by atomic mass is 10.3. The van der Waals surface area contributed by atoms with Crippen molar-refractivity contribution in [1.82, 2.24) is 5.32 Å². The van der Waals surface area contributed by atoms with Gasteiger partial charge < -0.3 is 19.9 Å². The van der Waals surface area contributed by atoms with E-state index in [9.17, 15) is 4.79 Å². The number of amides is 1. The van der Waals surface area contributed by atoms with Gasteiger partial charge in [0.2, 0.25) is 0 Å².